The van der Waals surface area contributed by atoms with Crippen LogP contribution in [0.3, 0.4) is 0 Å². The summed E-state index contributed by atoms with van der Waals surface area (Å²) in [4.78, 5) is 67.9. The first-order valence-electron chi connectivity index (χ1n) is 14.5. The summed E-state index contributed by atoms with van der Waals surface area (Å²) >= 11 is 0. The van der Waals surface area contributed by atoms with Crippen molar-refractivity contribution in [2.24, 2.45) is 11.7 Å². The third-order valence-electron chi connectivity index (χ3n) is 8.03. The third kappa shape index (κ3) is 7.56. The van der Waals surface area contributed by atoms with E-state index in [2.05, 4.69) is 31.9 Å². The van der Waals surface area contributed by atoms with Crippen molar-refractivity contribution in [3.05, 3.63) is 35.9 Å². The number of benzene rings is 1. The molecule has 2 aliphatic rings. The first-order valence-corrected chi connectivity index (χ1v) is 14.5. The summed E-state index contributed by atoms with van der Waals surface area (Å²) in [5.74, 6) is -3.48. The molecule has 1 aromatic rings. The summed E-state index contributed by atoms with van der Waals surface area (Å²) in [6.07, 6.45) is 2.33. The summed E-state index contributed by atoms with van der Waals surface area (Å²) in [5.41, 5.74) is 3.33. The molecule has 3 rings (SSSR count). The van der Waals surface area contributed by atoms with Crippen LogP contribution in [0.2, 0.25) is 0 Å². The van der Waals surface area contributed by atoms with Crippen LogP contribution in [-0.4, -0.2) is 65.2 Å². The maximum atomic E-state index is 14.0. The van der Waals surface area contributed by atoms with Crippen LogP contribution >= 0.6 is 0 Å². The molecule has 2 fully saturated rings. The standard InChI is InChI=1S/C29H44N8O5/c1-5-19(33-27(30)31)21-24(40)37-29(13-9-10-14-29)26(42)34-20(18-11-7-6-8-12-18)23(39)32-16-15-28(4,25(41)35-21)36-22(38)17(2)3/h6-8,11-12,17,19-21H,5,9-10,13-16H2,1-4H3,(H,32,39)(H,34,42)(H,35,41)(H,36,38)(H,37,40)(H4,30,31,33)/t19?,20-,21+,28-/m1/s1. The molecule has 1 aliphatic heterocycles. The molecule has 42 heavy (non-hydrogen) atoms. The molecule has 230 valence electrons. The van der Waals surface area contributed by atoms with Gasteiger partial charge in [-0.05, 0) is 38.2 Å². The van der Waals surface area contributed by atoms with E-state index in [9.17, 15) is 24.0 Å². The Labute approximate surface area is 246 Å². The molecule has 0 bridgehead atoms. The predicted octanol–water partition coefficient (Wildman–Crippen LogP) is 0.0702. The molecule has 1 heterocycles. The third-order valence-corrected chi connectivity index (χ3v) is 8.03. The fraction of sp³-hybridized carbons (Fsp3) is 0.586. The van der Waals surface area contributed by atoms with E-state index in [4.69, 9.17) is 11.1 Å². The molecule has 0 radical (unpaired) electrons. The molecule has 1 aromatic carbocycles. The van der Waals surface area contributed by atoms with Crippen LogP contribution in [0.25, 0.3) is 0 Å². The second kappa shape index (κ2) is 13.7. The van der Waals surface area contributed by atoms with Crippen molar-refractivity contribution in [1.29, 1.82) is 5.41 Å². The summed E-state index contributed by atoms with van der Waals surface area (Å²) in [5, 5.41) is 24.6. The maximum Gasteiger partial charge on any atom is 0.247 e. The summed E-state index contributed by atoms with van der Waals surface area (Å²) in [6, 6.07) is 5.68. The number of nitrogens with two attached hydrogens (primary N) is 1. The minimum Gasteiger partial charge on any atom is -0.370 e. The van der Waals surface area contributed by atoms with E-state index in [1.807, 2.05) is 0 Å². The number of nitrogens with one attached hydrogen (secondary N) is 7. The van der Waals surface area contributed by atoms with Gasteiger partial charge in [0.2, 0.25) is 29.5 Å². The molecule has 1 saturated carbocycles. The van der Waals surface area contributed by atoms with Gasteiger partial charge in [0.15, 0.2) is 5.96 Å². The monoisotopic (exact) mass is 584 g/mol. The average molecular weight is 585 g/mol. The molecular formula is C29H44N8O5. The van der Waals surface area contributed by atoms with Crippen molar-refractivity contribution in [3.8, 4) is 0 Å². The van der Waals surface area contributed by atoms with Gasteiger partial charge in [0.25, 0.3) is 0 Å². The van der Waals surface area contributed by atoms with Gasteiger partial charge in [0.1, 0.15) is 23.2 Å². The Morgan fingerprint density at radius 1 is 1.02 bits per heavy atom. The van der Waals surface area contributed by atoms with Gasteiger partial charge in [-0.3, -0.25) is 29.4 Å². The molecule has 4 atom stereocenters. The molecule has 13 nitrogen and oxygen atoms in total. The van der Waals surface area contributed by atoms with Crippen molar-refractivity contribution >= 4 is 35.5 Å². The Bertz CT molecular complexity index is 1180. The van der Waals surface area contributed by atoms with Crippen molar-refractivity contribution in [2.45, 2.75) is 95.4 Å². The summed E-state index contributed by atoms with van der Waals surface area (Å²) in [6.45, 7) is 6.67. The first-order chi connectivity index (χ1) is 19.8. The zero-order chi connectivity index (χ0) is 31.1. The zero-order valence-electron chi connectivity index (χ0n) is 24.8. The minimum absolute atomic E-state index is 0.00626. The molecule has 0 aromatic heterocycles. The minimum atomic E-state index is -1.51. The summed E-state index contributed by atoms with van der Waals surface area (Å²) in [7, 11) is 0. The average Bonchev–Trinajstić information content (AvgIpc) is 3.42. The Kier molecular flexibility index (Phi) is 10.5. The van der Waals surface area contributed by atoms with Gasteiger partial charge in [0, 0.05) is 12.5 Å². The van der Waals surface area contributed by atoms with E-state index in [0.29, 0.717) is 37.7 Å². The number of carbonyl (C=O) groups excluding carboxylic acids is 5. The molecule has 1 aliphatic carbocycles. The van der Waals surface area contributed by atoms with Gasteiger partial charge in [-0.2, -0.15) is 0 Å². The Morgan fingerprint density at radius 2 is 1.67 bits per heavy atom. The Morgan fingerprint density at radius 3 is 2.24 bits per heavy atom. The Hall–Kier alpha value is -4.16. The van der Waals surface area contributed by atoms with Crippen LogP contribution in [-0.2, 0) is 24.0 Å². The number of hydrogen-bond donors (Lipinski definition) is 8. The second-order valence-electron chi connectivity index (χ2n) is 11.6. The predicted molar refractivity (Wildman–Crippen MR) is 157 cm³/mol. The van der Waals surface area contributed by atoms with Gasteiger partial charge >= 0.3 is 0 Å². The number of guanidine groups is 1. The van der Waals surface area contributed by atoms with Crippen molar-refractivity contribution < 1.29 is 24.0 Å². The highest BCUT2D eigenvalue weighted by Crippen LogP contribution is 2.31. The van der Waals surface area contributed by atoms with Gasteiger partial charge in [0.05, 0.1) is 6.04 Å². The van der Waals surface area contributed by atoms with E-state index in [1.54, 1.807) is 51.1 Å². The molecule has 1 unspecified atom stereocenters. The van der Waals surface area contributed by atoms with Crippen molar-refractivity contribution in [2.75, 3.05) is 6.54 Å². The van der Waals surface area contributed by atoms with Crippen LogP contribution in [0, 0.1) is 11.3 Å². The first kappa shape index (κ1) is 32.4. The van der Waals surface area contributed by atoms with E-state index in [1.165, 1.54) is 6.92 Å². The van der Waals surface area contributed by atoms with Crippen LogP contribution < -0.4 is 37.6 Å². The largest absolute Gasteiger partial charge is 0.370 e. The number of hydrogen-bond acceptors (Lipinski definition) is 6. The fourth-order valence-electron chi connectivity index (χ4n) is 5.37. The lowest BCUT2D eigenvalue weighted by Gasteiger charge is -2.37. The van der Waals surface area contributed by atoms with E-state index in [-0.39, 0.29) is 24.8 Å². The van der Waals surface area contributed by atoms with Crippen molar-refractivity contribution in [1.82, 2.24) is 31.9 Å². The van der Waals surface area contributed by atoms with Gasteiger partial charge in [-0.25, -0.2) is 0 Å². The SMILES string of the molecule is CCC(NC(=N)N)[C@@H]1NC(=O)[C@](C)(NC(=O)C(C)C)CCNC(=O)[C@@H](c2ccccc2)NC(=O)C2(CCCC2)NC1=O. The van der Waals surface area contributed by atoms with Gasteiger partial charge in [-0.1, -0.05) is 63.9 Å². The molecule has 13 heteroatoms. The topological polar surface area (TPSA) is 207 Å². The number of rotatable bonds is 6. The molecule has 1 spiro atoms. The smallest absolute Gasteiger partial charge is 0.247 e. The van der Waals surface area contributed by atoms with Crippen LogP contribution in [0.15, 0.2) is 30.3 Å². The lowest BCUT2D eigenvalue weighted by Crippen LogP contribution is -2.68. The van der Waals surface area contributed by atoms with Crippen LogP contribution in [0.1, 0.15) is 77.8 Å². The lowest BCUT2D eigenvalue weighted by atomic mass is 9.91. The molecule has 9 N–H and O–H groups in total. The highest BCUT2D eigenvalue weighted by atomic mass is 16.2. The fourth-order valence-corrected chi connectivity index (χ4v) is 5.37. The van der Waals surface area contributed by atoms with Gasteiger partial charge in [-0.15, -0.1) is 0 Å². The van der Waals surface area contributed by atoms with Crippen LogP contribution in [0.5, 0.6) is 0 Å². The Balaban J connectivity index is 2.09. The zero-order valence-corrected chi connectivity index (χ0v) is 24.8. The molecular weight excluding hydrogens is 540 g/mol. The van der Waals surface area contributed by atoms with E-state index >= 15 is 0 Å². The highest BCUT2D eigenvalue weighted by molar-refractivity contribution is 5.99. The van der Waals surface area contributed by atoms with E-state index in [0.717, 1.165) is 0 Å². The number of carbonyl (C=O) groups is 5. The highest BCUT2D eigenvalue weighted by Gasteiger charge is 2.47. The normalized spacial score (nSPS) is 25.8. The maximum absolute atomic E-state index is 14.0. The molecule has 5 amide bonds. The van der Waals surface area contributed by atoms with Crippen molar-refractivity contribution in [3.63, 3.8) is 0 Å². The van der Waals surface area contributed by atoms with Crippen LogP contribution in [0.4, 0.5) is 0 Å². The quantitative estimate of drug-likeness (QED) is 0.170. The lowest BCUT2D eigenvalue weighted by molar-refractivity contribution is -0.140. The van der Waals surface area contributed by atoms with Gasteiger partial charge < -0.3 is 37.6 Å². The summed E-state index contributed by atoms with van der Waals surface area (Å²) < 4.78 is 0. The van der Waals surface area contributed by atoms with E-state index < -0.39 is 58.7 Å². The molecule has 1 saturated heterocycles. The second-order valence-corrected chi connectivity index (χ2v) is 11.6. The number of amides is 5.